The quantitative estimate of drug-likeness (QED) is 0.883. The maximum atomic E-state index is 11.5. The summed E-state index contributed by atoms with van der Waals surface area (Å²) in [5.74, 6) is -0.879. The van der Waals surface area contributed by atoms with Crippen molar-refractivity contribution in [1.29, 1.82) is 5.26 Å². The molecule has 0 saturated carbocycles. The standard InChI is InChI=1S/C14H16N2O2/c1-2-11(9-15)16-8-7-10-5-3-4-6-12(10)13(16)14(17)18/h3-6,11,13H,2,7-8H2,1H3,(H,17,18). The molecule has 4 nitrogen and oxygen atoms in total. The number of hydrogen-bond acceptors (Lipinski definition) is 3. The smallest absolute Gasteiger partial charge is 0.325 e. The molecule has 1 aromatic rings. The highest BCUT2D eigenvalue weighted by atomic mass is 16.4. The Hall–Kier alpha value is -1.86. The lowest BCUT2D eigenvalue weighted by Crippen LogP contribution is -2.45. The van der Waals surface area contributed by atoms with E-state index in [4.69, 9.17) is 5.26 Å². The lowest BCUT2D eigenvalue weighted by Gasteiger charge is -2.37. The number of carboxylic acid groups (broad SMARTS) is 1. The van der Waals surface area contributed by atoms with Gasteiger partial charge in [0.1, 0.15) is 6.04 Å². The number of fused-ring (bicyclic) bond motifs is 1. The Balaban J connectivity index is 2.42. The molecule has 1 aliphatic heterocycles. The van der Waals surface area contributed by atoms with Gasteiger partial charge in [0.15, 0.2) is 0 Å². The average molecular weight is 244 g/mol. The van der Waals surface area contributed by atoms with Gasteiger partial charge in [0, 0.05) is 6.54 Å². The van der Waals surface area contributed by atoms with E-state index in [-0.39, 0.29) is 6.04 Å². The molecule has 0 bridgehead atoms. The van der Waals surface area contributed by atoms with Crippen molar-refractivity contribution in [2.75, 3.05) is 6.54 Å². The van der Waals surface area contributed by atoms with Gasteiger partial charge in [0.2, 0.25) is 0 Å². The molecule has 1 N–H and O–H groups in total. The van der Waals surface area contributed by atoms with Crippen molar-refractivity contribution in [2.24, 2.45) is 0 Å². The molecular weight excluding hydrogens is 228 g/mol. The van der Waals surface area contributed by atoms with Crippen LogP contribution in [0.5, 0.6) is 0 Å². The lowest BCUT2D eigenvalue weighted by atomic mass is 9.91. The zero-order chi connectivity index (χ0) is 13.1. The summed E-state index contributed by atoms with van der Waals surface area (Å²) >= 11 is 0. The topological polar surface area (TPSA) is 64.3 Å². The van der Waals surface area contributed by atoms with Gasteiger partial charge in [0.25, 0.3) is 0 Å². The molecule has 0 amide bonds. The van der Waals surface area contributed by atoms with Crippen LogP contribution in [0.15, 0.2) is 24.3 Å². The average Bonchev–Trinajstić information content (AvgIpc) is 2.39. The Morgan fingerprint density at radius 1 is 1.61 bits per heavy atom. The van der Waals surface area contributed by atoms with Crippen LogP contribution < -0.4 is 0 Å². The van der Waals surface area contributed by atoms with Crippen LogP contribution in [0.4, 0.5) is 0 Å². The summed E-state index contributed by atoms with van der Waals surface area (Å²) < 4.78 is 0. The minimum absolute atomic E-state index is 0.334. The number of nitrogens with zero attached hydrogens (tertiary/aromatic N) is 2. The molecule has 0 aliphatic carbocycles. The van der Waals surface area contributed by atoms with E-state index < -0.39 is 12.0 Å². The first kappa shape index (κ1) is 12.6. The predicted molar refractivity (Wildman–Crippen MR) is 66.9 cm³/mol. The number of benzene rings is 1. The molecule has 2 atom stereocenters. The van der Waals surface area contributed by atoms with E-state index in [9.17, 15) is 9.90 Å². The molecule has 1 heterocycles. The molecule has 2 unspecified atom stereocenters. The maximum absolute atomic E-state index is 11.5. The zero-order valence-corrected chi connectivity index (χ0v) is 10.3. The fourth-order valence-corrected chi connectivity index (χ4v) is 2.60. The number of carbonyl (C=O) groups is 1. The maximum Gasteiger partial charge on any atom is 0.325 e. The minimum Gasteiger partial charge on any atom is -0.480 e. The largest absolute Gasteiger partial charge is 0.480 e. The molecule has 4 heteroatoms. The van der Waals surface area contributed by atoms with Crippen molar-refractivity contribution >= 4 is 5.97 Å². The summed E-state index contributed by atoms with van der Waals surface area (Å²) in [6.45, 7) is 2.54. The number of rotatable bonds is 3. The van der Waals surface area contributed by atoms with Crippen LogP contribution in [0.3, 0.4) is 0 Å². The van der Waals surface area contributed by atoms with E-state index in [0.29, 0.717) is 13.0 Å². The monoisotopic (exact) mass is 244 g/mol. The highest BCUT2D eigenvalue weighted by molar-refractivity contribution is 5.76. The Labute approximate surface area is 106 Å². The Morgan fingerprint density at radius 3 is 2.94 bits per heavy atom. The van der Waals surface area contributed by atoms with Gasteiger partial charge in [-0.2, -0.15) is 5.26 Å². The van der Waals surface area contributed by atoms with Gasteiger partial charge in [-0.1, -0.05) is 31.2 Å². The molecule has 1 aliphatic rings. The highest BCUT2D eigenvalue weighted by Gasteiger charge is 2.36. The first-order chi connectivity index (χ1) is 8.69. The molecule has 0 spiro atoms. The van der Waals surface area contributed by atoms with Gasteiger partial charge in [-0.05, 0) is 24.0 Å². The van der Waals surface area contributed by atoms with Gasteiger partial charge in [-0.3, -0.25) is 9.69 Å². The van der Waals surface area contributed by atoms with Crippen LogP contribution in [0.2, 0.25) is 0 Å². The van der Waals surface area contributed by atoms with E-state index >= 15 is 0 Å². The Kier molecular flexibility index (Phi) is 3.63. The molecule has 0 fully saturated rings. The van der Waals surface area contributed by atoms with Crippen LogP contribution in [0.1, 0.15) is 30.5 Å². The summed E-state index contributed by atoms with van der Waals surface area (Å²) in [5, 5.41) is 18.6. The van der Waals surface area contributed by atoms with Crippen molar-refractivity contribution in [3.8, 4) is 6.07 Å². The highest BCUT2D eigenvalue weighted by Crippen LogP contribution is 2.31. The predicted octanol–water partition coefficient (Wildman–Crippen LogP) is 1.97. The summed E-state index contributed by atoms with van der Waals surface area (Å²) in [6.07, 6.45) is 1.45. The van der Waals surface area contributed by atoms with Crippen molar-refractivity contribution < 1.29 is 9.90 Å². The summed E-state index contributed by atoms with van der Waals surface area (Å²) in [6, 6.07) is 8.77. The molecule has 18 heavy (non-hydrogen) atoms. The molecule has 1 aromatic carbocycles. The van der Waals surface area contributed by atoms with Crippen LogP contribution >= 0.6 is 0 Å². The van der Waals surface area contributed by atoms with Crippen LogP contribution in [-0.2, 0) is 11.2 Å². The molecule has 0 radical (unpaired) electrons. The fraction of sp³-hybridized carbons (Fsp3) is 0.429. The van der Waals surface area contributed by atoms with Crippen LogP contribution in [0.25, 0.3) is 0 Å². The summed E-state index contributed by atoms with van der Waals surface area (Å²) in [4.78, 5) is 13.3. The van der Waals surface area contributed by atoms with Gasteiger partial charge in [-0.25, -0.2) is 0 Å². The van der Waals surface area contributed by atoms with Gasteiger partial charge >= 0.3 is 5.97 Å². The second-order valence-corrected chi connectivity index (χ2v) is 4.48. The van der Waals surface area contributed by atoms with E-state index in [1.54, 1.807) is 4.90 Å². The van der Waals surface area contributed by atoms with Crippen molar-refractivity contribution in [2.45, 2.75) is 31.8 Å². The SMILES string of the molecule is CCC(C#N)N1CCc2ccccc2C1C(=O)O. The lowest BCUT2D eigenvalue weighted by molar-refractivity contribution is -0.144. The molecule has 94 valence electrons. The third kappa shape index (κ3) is 2.09. The first-order valence-electron chi connectivity index (χ1n) is 6.15. The molecule has 0 aromatic heterocycles. The second-order valence-electron chi connectivity index (χ2n) is 4.48. The normalized spacial score (nSPS) is 20.8. The number of nitriles is 1. The van der Waals surface area contributed by atoms with Crippen molar-refractivity contribution in [3.63, 3.8) is 0 Å². The Morgan fingerprint density at radius 2 is 2.33 bits per heavy atom. The van der Waals surface area contributed by atoms with Crippen molar-refractivity contribution in [3.05, 3.63) is 35.4 Å². The zero-order valence-electron chi connectivity index (χ0n) is 10.3. The third-order valence-electron chi connectivity index (χ3n) is 3.49. The van der Waals surface area contributed by atoms with Crippen LogP contribution in [-0.4, -0.2) is 28.6 Å². The van der Waals surface area contributed by atoms with Gasteiger partial charge < -0.3 is 5.11 Å². The molecular formula is C14H16N2O2. The molecule has 0 saturated heterocycles. The first-order valence-corrected chi connectivity index (χ1v) is 6.15. The van der Waals surface area contributed by atoms with Crippen molar-refractivity contribution in [1.82, 2.24) is 4.90 Å². The second kappa shape index (κ2) is 5.19. The third-order valence-corrected chi connectivity index (χ3v) is 3.49. The summed E-state index contributed by atoms with van der Waals surface area (Å²) in [7, 11) is 0. The van der Waals surface area contributed by atoms with E-state index in [0.717, 1.165) is 17.5 Å². The minimum atomic E-state index is -0.879. The number of carboxylic acids is 1. The van der Waals surface area contributed by atoms with Gasteiger partial charge in [-0.15, -0.1) is 0 Å². The van der Waals surface area contributed by atoms with E-state index in [2.05, 4.69) is 6.07 Å². The Bertz CT molecular complexity index is 493. The number of hydrogen-bond donors (Lipinski definition) is 1. The fourth-order valence-electron chi connectivity index (χ4n) is 2.60. The van der Waals surface area contributed by atoms with E-state index in [1.807, 2.05) is 31.2 Å². The van der Waals surface area contributed by atoms with Crippen LogP contribution in [0, 0.1) is 11.3 Å². The number of aliphatic carboxylic acids is 1. The van der Waals surface area contributed by atoms with E-state index in [1.165, 1.54) is 0 Å². The van der Waals surface area contributed by atoms with Gasteiger partial charge in [0.05, 0.1) is 12.1 Å². The summed E-state index contributed by atoms with van der Waals surface area (Å²) in [5.41, 5.74) is 1.90. The molecule has 2 rings (SSSR count).